The van der Waals surface area contributed by atoms with Gasteiger partial charge in [0.25, 0.3) is 5.88 Å². The van der Waals surface area contributed by atoms with Crippen LogP contribution in [0.15, 0.2) is 28.0 Å². The Balaban J connectivity index is 2.28. The minimum Gasteiger partial charge on any atom is -0.478 e. The normalized spacial score (nSPS) is 17.6. The van der Waals surface area contributed by atoms with E-state index in [2.05, 4.69) is 31.4 Å². The van der Waals surface area contributed by atoms with Gasteiger partial charge in [-0.15, -0.1) is 11.8 Å². The van der Waals surface area contributed by atoms with Crippen molar-refractivity contribution in [2.45, 2.75) is 24.3 Å². The van der Waals surface area contributed by atoms with Crippen molar-refractivity contribution < 1.29 is 27.9 Å². The van der Waals surface area contributed by atoms with Crippen LogP contribution < -0.4 is 5.48 Å². The van der Waals surface area contributed by atoms with Crippen LogP contribution in [0.2, 0.25) is 0 Å². The summed E-state index contributed by atoms with van der Waals surface area (Å²) in [4.78, 5) is 24.5. The van der Waals surface area contributed by atoms with E-state index < -0.39 is 23.4 Å². The first-order chi connectivity index (χ1) is 11.7. The summed E-state index contributed by atoms with van der Waals surface area (Å²) in [6.07, 6.45) is -1.88. The molecule has 2 rings (SSSR count). The molecule has 0 radical (unpaired) electrons. The molecule has 6 nitrogen and oxygen atoms in total. The van der Waals surface area contributed by atoms with Crippen LogP contribution in [0.1, 0.15) is 29.4 Å². The Labute approximate surface area is 153 Å². The highest BCUT2D eigenvalue weighted by Crippen LogP contribution is 2.33. The summed E-state index contributed by atoms with van der Waals surface area (Å²) in [5.41, 5.74) is 0.221. The number of nitrogens with one attached hydrogen (secondary N) is 1. The maximum Gasteiger partial charge on any atom is 0.433 e. The van der Waals surface area contributed by atoms with Gasteiger partial charge in [-0.25, -0.2) is 15.3 Å². The van der Waals surface area contributed by atoms with Crippen LogP contribution >= 0.6 is 27.7 Å². The summed E-state index contributed by atoms with van der Waals surface area (Å²) in [7, 11) is 0. The second-order valence-electron chi connectivity index (χ2n) is 4.78. The summed E-state index contributed by atoms with van der Waals surface area (Å²) < 4.78 is 38.3. The van der Waals surface area contributed by atoms with Crippen molar-refractivity contribution in [2.24, 2.45) is 4.99 Å². The van der Waals surface area contributed by atoms with E-state index >= 15 is 0 Å². The number of aromatic nitrogens is 1. The van der Waals surface area contributed by atoms with E-state index in [1.165, 1.54) is 11.8 Å². The molecule has 0 saturated carbocycles. The number of carboxylic acids is 1. The third-order valence-corrected chi connectivity index (χ3v) is 4.51. The molecule has 2 N–H and O–H groups in total. The molecular formula is C14H13BrF3N3O3S. The maximum atomic E-state index is 12.8. The molecule has 0 fully saturated rings. The van der Waals surface area contributed by atoms with Gasteiger partial charge in [-0.1, -0.05) is 22.9 Å². The predicted molar refractivity (Wildman–Crippen MR) is 91.9 cm³/mol. The molecular weight excluding hydrogens is 427 g/mol. The molecule has 1 aromatic heterocycles. The maximum absolute atomic E-state index is 12.8. The largest absolute Gasteiger partial charge is 0.478 e. The van der Waals surface area contributed by atoms with Crippen molar-refractivity contribution in [3.8, 4) is 0 Å². The molecule has 0 bridgehead atoms. The first-order valence-corrected chi connectivity index (χ1v) is 8.90. The minimum atomic E-state index is -4.71. The quantitative estimate of drug-likeness (QED) is 0.507. The Morgan fingerprint density at radius 1 is 1.56 bits per heavy atom. The van der Waals surface area contributed by atoms with E-state index in [1.807, 2.05) is 6.92 Å². The highest BCUT2D eigenvalue weighted by molar-refractivity contribution is 9.10. The second kappa shape index (κ2) is 8.09. The number of rotatable bonds is 6. The molecule has 0 spiro atoms. The zero-order valence-corrected chi connectivity index (χ0v) is 15.2. The molecule has 0 aromatic carbocycles. The van der Waals surface area contributed by atoms with E-state index in [0.29, 0.717) is 18.7 Å². The molecule has 11 heteroatoms. The number of halogens is 4. The summed E-state index contributed by atoms with van der Waals surface area (Å²) in [5.74, 6) is -0.493. The van der Waals surface area contributed by atoms with Gasteiger partial charge in [0.2, 0.25) is 0 Å². The van der Waals surface area contributed by atoms with Crippen LogP contribution in [-0.4, -0.2) is 32.9 Å². The minimum absolute atomic E-state index is 0.0289. The smallest absolute Gasteiger partial charge is 0.433 e. The predicted octanol–water partition coefficient (Wildman–Crippen LogP) is 4.30. The molecule has 1 aliphatic rings. The highest BCUT2D eigenvalue weighted by atomic mass is 79.9. The molecule has 0 amide bonds. The van der Waals surface area contributed by atoms with E-state index in [-0.39, 0.29) is 16.4 Å². The standard InChI is InChI=1S/C14H13BrF3N3O3S/c1-2-25-10-3-7(15)5-20-12(10)24-21-9-4-11(14(16,17)18)19-6-8(9)13(22)23/h4-7H,2-3H2,1H3,(H,19,21)(H,22,23). The summed E-state index contributed by atoms with van der Waals surface area (Å²) in [5, 5.41) is 9.10. The number of hydrogen-bond acceptors (Lipinski definition) is 6. The second-order valence-corrected chi connectivity index (χ2v) is 7.32. The number of aliphatic imine (C=N–C) groups is 1. The Bertz CT molecular complexity index is 725. The summed E-state index contributed by atoms with van der Waals surface area (Å²) >= 11 is 4.88. The van der Waals surface area contributed by atoms with Crippen molar-refractivity contribution in [3.63, 3.8) is 0 Å². The summed E-state index contributed by atoms with van der Waals surface area (Å²) in [6.45, 7) is 1.94. The zero-order valence-electron chi connectivity index (χ0n) is 12.8. The number of pyridine rings is 1. The average Bonchev–Trinajstić information content (AvgIpc) is 2.53. The summed E-state index contributed by atoms with van der Waals surface area (Å²) in [6, 6.07) is 0.580. The topological polar surface area (TPSA) is 83.8 Å². The van der Waals surface area contributed by atoms with Gasteiger partial charge in [0.15, 0.2) is 0 Å². The number of anilines is 1. The lowest BCUT2D eigenvalue weighted by Crippen LogP contribution is -2.15. The highest BCUT2D eigenvalue weighted by Gasteiger charge is 2.33. The molecule has 25 heavy (non-hydrogen) atoms. The van der Waals surface area contributed by atoms with Crippen molar-refractivity contribution >= 4 is 45.6 Å². The van der Waals surface area contributed by atoms with Gasteiger partial charge in [0, 0.05) is 18.8 Å². The fourth-order valence-electron chi connectivity index (χ4n) is 1.88. The van der Waals surface area contributed by atoms with Gasteiger partial charge in [0.05, 0.1) is 15.4 Å². The Morgan fingerprint density at radius 3 is 2.88 bits per heavy atom. The third kappa shape index (κ3) is 5.11. The SMILES string of the molecule is CCSC1=C(ONc2cc(C(F)(F)F)ncc2C(=O)O)N=CC(Br)C1. The molecule has 0 aliphatic carbocycles. The van der Waals surface area contributed by atoms with Crippen molar-refractivity contribution in [1.29, 1.82) is 0 Å². The number of hydrogen-bond donors (Lipinski definition) is 2. The van der Waals surface area contributed by atoms with Gasteiger partial charge in [-0.3, -0.25) is 4.98 Å². The number of alkyl halides is 4. The average molecular weight is 440 g/mol. The number of thioether (sulfide) groups is 1. The van der Waals surface area contributed by atoms with Gasteiger partial charge in [-0.05, 0) is 11.8 Å². The molecule has 1 aromatic rings. The van der Waals surface area contributed by atoms with Gasteiger partial charge >= 0.3 is 12.1 Å². The molecule has 1 unspecified atom stereocenters. The monoisotopic (exact) mass is 439 g/mol. The molecule has 2 heterocycles. The third-order valence-electron chi connectivity index (χ3n) is 2.97. The number of allylic oxidation sites excluding steroid dienone is 1. The molecule has 0 saturated heterocycles. The van der Waals surface area contributed by atoms with E-state index in [0.717, 1.165) is 10.7 Å². The van der Waals surface area contributed by atoms with Crippen LogP contribution in [0.25, 0.3) is 0 Å². The number of nitrogens with zero attached hydrogens (tertiary/aromatic N) is 2. The van der Waals surface area contributed by atoms with Crippen LogP contribution in [-0.2, 0) is 11.0 Å². The molecule has 1 atom stereocenters. The number of aromatic carboxylic acids is 1. The lowest BCUT2D eigenvalue weighted by atomic mass is 10.2. The number of carbonyl (C=O) groups is 1. The van der Waals surface area contributed by atoms with E-state index in [1.54, 1.807) is 6.21 Å². The first-order valence-electron chi connectivity index (χ1n) is 7.00. The first kappa shape index (κ1) is 19.6. The van der Waals surface area contributed by atoms with Gasteiger partial charge in [0.1, 0.15) is 11.3 Å². The van der Waals surface area contributed by atoms with Crippen LogP contribution in [0.4, 0.5) is 18.9 Å². The zero-order chi connectivity index (χ0) is 18.6. The van der Waals surface area contributed by atoms with Crippen molar-refractivity contribution in [1.82, 2.24) is 4.98 Å². The molecule has 1 aliphatic heterocycles. The van der Waals surface area contributed by atoms with Crippen LogP contribution in [0.5, 0.6) is 0 Å². The van der Waals surface area contributed by atoms with Crippen molar-refractivity contribution in [3.05, 3.63) is 34.3 Å². The number of carboxylic acid groups (broad SMARTS) is 1. The lowest BCUT2D eigenvalue weighted by molar-refractivity contribution is -0.141. The molecule has 136 valence electrons. The van der Waals surface area contributed by atoms with Gasteiger partial charge < -0.3 is 9.94 Å². The van der Waals surface area contributed by atoms with Crippen LogP contribution in [0, 0.1) is 0 Å². The Kier molecular flexibility index (Phi) is 6.33. The fourth-order valence-corrected chi connectivity index (χ4v) is 3.40. The van der Waals surface area contributed by atoms with Crippen LogP contribution in [0.3, 0.4) is 0 Å². The van der Waals surface area contributed by atoms with E-state index in [9.17, 15) is 18.0 Å². The Hall–Kier alpha value is -1.75. The lowest BCUT2D eigenvalue weighted by Gasteiger charge is -2.18. The fraction of sp³-hybridized carbons (Fsp3) is 0.357. The van der Waals surface area contributed by atoms with E-state index in [4.69, 9.17) is 9.94 Å². The Morgan fingerprint density at radius 2 is 2.28 bits per heavy atom. The van der Waals surface area contributed by atoms with Gasteiger partial charge in [-0.2, -0.15) is 13.2 Å². The van der Waals surface area contributed by atoms with Crippen molar-refractivity contribution in [2.75, 3.05) is 11.2 Å².